The summed E-state index contributed by atoms with van der Waals surface area (Å²) < 4.78 is 0. The Morgan fingerprint density at radius 3 is 2.32 bits per heavy atom. The highest BCUT2D eigenvalue weighted by Crippen LogP contribution is 2.40. The molecule has 1 aromatic heterocycles. The average Bonchev–Trinajstić information content (AvgIpc) is 3.48. The number of amides is 2. The molecule has 2 amide bonds. The molecular formula is C19H23N5O. The van der Waals surface area contributed by atoms with E-state index in [0.29, 0.717) is 13.1 Å². The van der Waals surface area contributed by atoms with Gasteiger partial charge in [-0.15, -0.1) is 5.10 Å². The highest BCUT2D eigenvalue weighted by molar-refractivity contribution is 5.89. The van der Waals surface area contributed by atoms with Gasteiger partial charge in [-0.3, -0.25) is 0 Å². The van der Waals surface area contributed by atoms with Crippen molar-refractivity contribution in [1.82, 2.24) is 15.1 Å². The number of carbonyl (C=O) groups is 1. The lowest BCUT2D eigenvalue weighted by atomic mass is 10.1. The van der Waals surface area contributed by atoms with E-state index in [9.17, 15) is 4.79 Å². The molecule has 25 heavy (non-hydrogen) atoms. The summed E-state index contributed by atoms with van der Waals surface area (Å²) in [5.41, 5.74) is 3.15. The Labute approximate surface area is 147 Å². The maximum absolute atomic E-state index is 12.5. The molecule has 1 aliphatic heterocycles. The third-order valence-electron chi connectivity index (χ3n) is 4.89. The van der Waals surface area contributed by atoms with Crippen LogP contribution in [0.2, 0.25) is 0 Å². The molecule has 0 atom stereocenters. The van der Waals surface area contributed by atoms with E-state index in [0.717, 1.165) is 36.2 Å². The van der Waals surface area contributed by atoms with Gasteiger partial charge in [0.2, 0.25) is 0 Å². The van der Waals surface area contributed by atoms with Gasteiger partial charge in [0, 0.05) is 31.9 Å². The zero-order valence-electron chi connectivity index (χ0n) is 14.5. The molecule has 2 aromatic rings. The van der Waals surface area contributed by atoms with Gasteiger partial charge in [-0.1, -0.05) is 12.1 Å². The van der Waals surface area contributed by atoms with Crippen molar-refractivity contribution in [3.63, 3.8) is 0 Å². The first-order chi connectivity index (χ1) is 12.2. The zero-order chi connectivity index (χ0) is 17.2. The number of benzene rings is 1. The van der Waals surface area contributed by atoms with Crippen LogP contribution in [0.5, 0.6) is 0 Å². The number of aryl methyl sites for hydroxylation is 1. The van der Waals surface area contributed by atoms with Crippen molar-refractivity contribution in [2.24, 2.45) is 0 Å². The van der Waals surface area contributed by atoms with Crippen LogP contribution in [0.15, 0.2) is 36.4 Å². The van der Waals surface area contributed by atoms with Crippen molar-refractivity contribution in [2.45, 2.75) is 25.7 Å². The first kappa shape index (κ1) is 15.9. The van der Waals surface area contributed by atoms with Crippen LogP contribution in [-0.4, -0.2) is 47.3 Å². The van der Waals surface area contributed by atoms with Crippen LogP contribution in [0.3, 0.4) is 0 Å². The van der Waals surface area contributed by atoms with Crippen molar-refractivity contribution in [2.75, 3.05) is 36.4 Å². The lowest BCUT2D eigenvalue weighted by Crippen LogP contribution is -2.50. The second kappa shape index (κ2) is 6.70. The van der Waals surface area contributed by atoms with E-state index in [-0.39, 0.29) is 6.03 Å². The van der Waals surface area contributed by atoms with E-state index in [1.54, 1.807) is 0 Å². The van der Waals surface area contributed by atoms with Crippen molar-refractivity contribution in [3.8, 4) is 0 Å². The number of anilines is 2. The number of nitrogens with one attached hydrogen (secondary N) is 1. The van der Waals surface area contributed by atoms with Gasteiger partial charge in [0.15, 0.2) is 5.82 Å². The molecule has 0 unspecified atom stereocenters. The van der Waals surface area contributed by atoms with E-state index in [1.165, 1.54) is 18.4 Å². The standard InChI is InChI=1S/C19H23N5O/c1-14-2-9-18(22-21-14)23-10-12-24(13-11-23)19(25)20-17-7-5-16(6-8-17)15-3-4-15/h2,5-9,15H,3-4,10-13H2,1H3,(H,20,25). The minimum absolute atomic E-state index is 0.0335. The van der Waals surface area contributed by atoms with E-state index in [4.69, 9.17) is 0 Å². The molecule has 6 heteroatoms. The number of piperazine rings is 1. The molecule has 1 aliphatic carbocycles. The Morgan fingerprint density at radius 1 is 1.00 bits per heavy atom. The zero-order valence-corrected chi connectivity index (χ0v) is 14.5. The van der Waals surface area contributed by atoms with E-state index in [1.807, 2.05) is 36.1 Å². The van der Waals surface area contributed by atoms with Gasteiger partial charge in [-0.2, -0.15) is 5.10 Å². The second-order valence-electron chi connectivity index (χ2n) is 6.83. The van der Waals surface area contributed by atoms with Gasteiger partial charge >= 0.3 is 6.03 Å². The Kier molecular flexibility index (Phi) is 4.26. The SMILES string of the molecule is Cc1ccc(N2CCN(C(=O)Nc3ccc(C4CC4)cc3)CC2)nn1. The third kappa shape index (κ3) is 3.73. The third-order valence-corrected chi connectivity index (χ3v) is 4.89. The van der Waals surface area contributed by atoms with Crippen LogP contribution in [0.4, 0.5) is 16.3 Å². The van der Waals surface area contributed by atoms with Crippen molar-refractivity contribution >= 4 is 17.5 Å². The minimum Gasteiger partial charge on any atom is -0.352 e. The monoisotopic (exact) mass is 337 g/mol. The molecule has 1 aromatic carbocycles. The normalized spacial score (nSPS) is 17.5. The summed E-state index contributed by atoms with van der Waals surface area (Å²) in [6.45, 7) is 4.83. The van der Waals surface area contributed by atoms with Crippen molar-refractivity contribution < 1.29 is 4.79 Å². The molecule has 0 spiro atoms. The van der Waals surface area contributed by atoms with Crippen LogP contribution in [-0.2, 0) is 0 Å². The van der Waals surface area contributed by atoms with Gasteiger partial charge in [0.1, 0.15) is 0 Å². The summed E-state index contributed by atoms with van der Waals surface area (Å²) in [5.74, 6) is 1.61. The van der Waals surface area contributed by atoms with E-state index < -0.39 is 0 Å². The smallest absolute Gasteiger partial charge is 0.321 e. The Hall–Kier alpha value is -2.63. The molecule has 1 saturated carbocycles. The summed E-state index contributed by atoms with van der Waals surface area (Å²) in [7, 11) is 0. The van der Waals surface area contributed by atoms with Gasteiger partial charge in [-0.05, 0) is 55.5 Å². The number of carbonyl (C=O) groups excluding carboxylic acids is 1. The summed E-state index contributed by atoms with van der Waals surface area (Å²) >= 11 is 0. The Morgan fingerprint density at radius 2 is 1.72 bits per heavy atom. The first-order valence-corrected chi connectivity index (χ1v) is 8.90. The fourth-order valence-corrected chi connectivity index (χ4v) is 3.16. The number of rotatable bonds is 3. The van der Waals surface area contributed by atoms with Crippen LogP contribution >= 0.6 is 0 Å². The fourth-order valence-electron chi connectivity index (χ4n) is 3.16. The molecule has 4 rings (SSSR count). The molecular weight excluding hydrogens is 314 g/mol. The number of aromatic nitrogens is 2. The number of hydrogen-bond acceptors (Lipinski definition) is 4. The highest BCUT2D eigenvalue weighted by Gasteiger charge is 2.24. The summed E-state index contributed by atoms with van der Waals surface area (Å²) in [5, 5.41) is 11.3. The largest absolute Gasteiger partial charge is 0.352 e. The van der Waals surface area contributed by atoms with Gasteiger partial charge in [0.25, 0.3) is 0 Å². The molecule has 2 aliphatic rings. The summed E-state index contributed by atoms with van der Waals surface area (Å²) in [6, 6.07) is 12.2. The number of urea groups is 1. The lowest BCUT2D eigenvalue weighted by molar-refractivity contribution is 0.208. The van der Waals surface area contributed by atoms with Crippen LogP contribution in [0.25, 0.3) is 0 Å². The number of nitrogens with zero attached hydrogens (tertiary/aromatic N) is 4. The second-order valence-corrected chi connectivity index (χ2v) is 6.83. The maximum Gasteiger partial charge on any atom is 0.321 e. The molecule has 0 radical (unpaired) electrons. The Bertz CT molecular complexity index is 731. The van der Waals surface area contributed by atoms with Crippen molar-refractivity contribution in [1.29, 1.82) is 0 Å². The predicted octanol–water partition coefficient (Wildman–Crippen LogP) is 3.02. The summed E-state index contributed by atoms with van der Waals surface area (Å²) in [6.07, 6.45) is 2.59. The summed E-state index contributed by atoms with van der Waals surface area (Å²) in [4.78, 5) is 16.5. The topological polar surface area (TPSA) is 61.4 Å². The van der Waals surface area contributed by atoms with Gasteiger partial charge in [0.05, 0.1) is 5.69 Å². The van der Waals surface area contributed by atoms with E-state index in [2.05, 4.69) is 32.5 Å². The molecule has 2 fully saturated rings. The average molecular weight is 337 g/mol. The minimum atomic E-state index is -0.0335. The molecule has 2 heterocycles. The Balaban J connectivity index is 1.30. The number of hydrogen-bond donors (Lipinski definition) is 1. The van der Waals surface area contributed by atoms with Crippen LogP contribution < -0.4 is 10.2 Å². The van der Waals surface area contributed by atoms with Gasteiger partial charge < -0.3 is 15.1 Å². The van der Waals surface area contributed by atoms with Gasteiger partial charge in [-0.25, -0.2) is 4.79 Å². The molecule has 1 saturated heterocycles. The molecule has 0 bridgehead atoms. The molecule has 1 N–H and O–H groups in total. The van der Waals surface area contributed by atoms with E-state index >= 15 is 0 Å². The lowest BCUT2D eigenvalue weighted by Gasteiger charge is -2.35. The molecule has 6 nitrogen and oxygen atoms in total. The maximum atomic E-state index is 12.5. The van der Waals surface area contributed by atoms with Crippen LogP contribution in [0.1, 0.15) is 30.0 Å². The first-order valence-electron chi connectivity index (χ1n) is 8.90. The quantitative estimate of drug-likeness (QED) is 0.935. The fraction of sp³-hybridized carbons (Fsp3) is 0.421. The molecule has 130 valence electrons. The predicted molar refractivity (Wildman–Crippen MR) is 98.0 cm³/mol. The highest BCUT2D eigenvalue weighted by atomic mass is 16.2. The van der Waals surface area contributed by atoms with Crippen LogP contribution in [0, 0.1) is 6.92 Å². The van der Waals surface area contributed by atoms with Crippen molar-refractivity contribution in [3.05, 3.63) is 47.7 Å².